The van der Waals surface area contributed by atoms with Gasteiger partial charge in [-0.1, -0.05) is 54.3 Å². The van der Waals surface area contributed by atoms with Crippen LogP contribution in [-0.4, -0.2) is 23.9 Å². The number of hydrogen-bond acceptors (Lipinski definition) is 1. The lowest BCUT2D eigenvalue weighted by molar-refractivity contribution is 0.518. The van der Waals surface area contributed by atoms with Crippen LogP contribution in [0.25, 0.3) is 0 Å². The fourth-order valence-electron chi connectivity index (χ4n) is 3.41. The number of nitrogens with zero attached hydrogens (tertiary/aromatic N) is 2. The van der Waals surface area contributed by atoms with Crippen molar-refractivity contribution in [1.82, 2.24) is 4.90 Å². The summed E-state index contributed by atoms with van der Waals surface area (Å²) in [7, 11) is 0. The largest absolute Gasteiger partial charge is 0.342 e. The maximum absolute atomic E-state index is 5.01. The van der Waals surface area contributed by atoms with Crippen molar-refractivity contribution in [2.45, 2.75) is 19.8 Å². The van der Waals surface area contributed by atoms with Crippen LogP contribution in [0.5, 0.6) is 0 Å². The normalized spacial score (nSPS) is 13.7. The van der Waals surface area contributed by atoms with Crippen molar-refractivity contribution in [3.8, 4) is 11.8 Å². The van der Waals surface area contributed by atoms with Crippen LogP contribution in [0, 0.1) is 18.8 Å². The molecule has 29 heavy (non-hydrogen) atoms. The van der Waals surface area contributed by atoms with Gasteiger partial charge in [0.15, 0.2) is 0 Å². The zero-order valence-electron chi connectivity index (χ0n) is 16.7. The van der Waals surface area contributed by atoms with Crippen LogP contribution in [0.15, 0.2) is 83.9 Å². The highest BCUT2D eigenvalue weighted by atomic mass is 15.3. The van der Waals surface area contributed by atoms with Crippen molar-refractivity contribution in [1.29, 1.82) is 0 Å². The molecule has 4 rings (SSSR count). The number of anilines is 1. The number of aliphatic imine (C=N–C) groups is 1. The van der Waals surface area contributed by atoms with E-state index in [2.05, 4.69) is 53.2 Å². The molecule has 3 heteroatoms. The highest BCUT2D eigenvalue weighted by Gasteiger charge is 2.17. The number of rotatable bonds is 2. The first-order chi connectivity index (χ1) is 14.3. The van der Waals surface area contributed by atoms with E-state index in [9.17, 15) is 0 Å². The second-order valence-corrected chi connectivity index (χ2v) is 7.26. The van der Waals surface area contributed by atoms with E-state index in [0.29, 0.717) is 0 Å². The van der Waals surface area contributed by atoms with Gasteiger partial charge in [0.05, 0.1) is 11.3 Å². The Kier molecular flexibility index (Phi) is 5.92. The van der Waals surface area contributed by atoms with Gasteiger partial charge in [0.25, 0.3) is 0 Å². The number of guanidine groups is 1. The minimum atomic E-state index is 0.887. The fourth-order valence-corrected chi connectivity index (χ4v) is 3.41. The van der Waals surface area contributed by atoms with Crippen LogP contribution in [0.1, 0.15) is 29.5 Å². The summed E-state index contributed by atoms with van der Waals surface area (Å²) in [5.74, 6) is 7.43. The minimum Gasteiger partial charge on any atom is -0.342 e. The number of aryl methyl sites for hydroxylation is 1. The van der Waals surface area contributed by atoms with E-state index in [0.717, 1.165) is 41.6 Å². The molecule has 0 saturated carbocycles. The fraction of sp³-hybridized carbons (Fsp3) is 0.192. The second-order valence-electron chi connectivity index (χ2n) is 7.26. The van der Waals surface area contributed by atoms with E-state index in [1.807, 2.05) is 54.6 Å². The van der Waals surface area contributed by atoms with E-state index in [-0.39, 0.29) is 0 Å². The Morgan fingerprint density at radius 2 is 1.62 bits per heavy atom. The maximum atomic E-state index is 5.01. The summed E-state index contributed by atoms with van der Waals surface area (Å²) >= 11 is 0. The van der Waals surface area contributed by atoms with Crippen molar-refractivity contribution in [2.24, 2.45) is 4.99 Å². The van der Waals surface area contributed by atoms with Crippen LogP contribution in [0.3, 0.4) is 0 Å². The Hall–Kier alpha value is -3.51. The molecule has 1 fully saturated rings. The Morgan fingerprint density at radius 1 is 0.862 bits per heavy atom. The van der Waals surface area contributed by atoms with Gasteiger partial charge in [-0.15, -0.1) is 0 Å². The molecular weight excluding hydrogens is 354 g/mol. The van der Waals surface area contributed by atoms with Gasteiger partial charge in [-0.2, -0.15) is 0 Å². The summed E-state index contributed by atoms with van der Waals surface area (Å²) in [5.41, 5.74) is 5.11. The van der Waals surface area contributed by atoms with Crippen LogP contribution in [-0.2, 0) is 0 Å². The predicted octanol–water partition coefficient (Wildman–Crippen LogP) is 5.59. The minimum absolute atomic E-state index is 0.887. The summed E-state index contributed by atoms with van der Waals surface area (Å²) < 4.78 is 0. The molecule has 0 atom stereocenters. The number of nitrogens with one attached hydrogen (secondary N) is 1. The van der Waals surface area contributed by atoms with Crippen LogP contribution < -0.4 is 5.32 Å². The second kappa shape index (κ2) is 9.12. The van der Waals surface area contributed by atoms with Crippen LogP contribution >= 0.6 is 0 Å². The summed E-state index contributed by atoms with van der Waals surface area (Å²) in [4.78, 5) is 7.33. The molecule has 0 radical (unpaired) electrons. The van der Waals surface area contributed by atoms with E-state index in [4.69, 9.17) is 4.99 Å². The van der Waals surface area contributed by atoms with Gasteiger partial charge in [-0.05, 0) is 61.7 Å². The van der Waals surface area contributed by atoms with E-state index < -0.39 is 0 Å². The molecule has 3 aromatic rings. The molecule has 1 saturated heterocycles. The number of benzene rings is 3. The molecule has 1 aliphatic heterocycles. The topological polar surface area (TPSA) is 27.6 Å². The molecule has 0 aromatic heterocycles. The van der Waals surface area contributed by atoms with Crippen molar-refractivity contribution in [2.75, 3.05) is 18.4 Å². The van der Waals surface area contributed by atoms with Gasteiger partial charge in [-0.25, -0.2) is 4.99 Å². The Balaban J connectivity index is 1.68. The molecule has 3 aromatic carbocycles. The van der Waals surface area contributed by atoms with Crippen molar-refractivity contribution >= 4 is 17.3 Å². The van der Waals surface area contributed by atoms with E-state index in [1.165, 1.54) is 18.4 Å². The molecule has 0 amide bonds. The Bertz CT molecular complexity index is 1050. The average Bonchev–Trinajstić information content (AvgIpc) is 3.28. The summed E-state index contributed by atoms with van der Waals surface area (Å²) in [5, 5.41) is 3.54. The number of para-hydroxylation sites is 1. The molecule has 0 bridgehead atoms. The Morgan fingerprint density at radius 3 is 2.41 bits per heavy atom. The highest BCUT2D eigenvalue weighted by molar-refractivity contribution is 5.96. The van der Waals surface area contributed by atoms with Gasteiger partial charge < -0.3 is 10.2 Å². The molecule has 0 spiro atoms. The highest BCUT2D eigenvalue weighted by Crippen LogP contribution is 2.21. The average molecular weight is 380 g/mol. The molecular formula is C26H25N3. The standard InChI is InChI=1S/C26H25N3/c1-21-10-9-14-24(20-21)27-26(29-18-7-8-19-29)28-25-15-6-5-13-23(25)17-16-22-11-3-2-4-12-22/h2-6,9-15,20H,7-8,18-19H2,1H3,(H,27,28). The van der Waals surface area contributed by atoms with Gasteiger partial charge >= 0.3 is 0 Å². The smallest absolute Gasteiger partial charge is 0.203 e. The van der Waals surface area contributed by atoms with E-state index >= 15 is 0 Å². The predicted molar refractivity (Wildman–Crippen MR) is 122 cm³/mol. The third-order valence-corrected chi connectivity index (χ3v) is 4.93. The van der Waals surface area contributed by atoms with Gasteiger partial charge in [0, 0.05) is 24.3 Å². The molecule has 3 nitrogen and oxygen atoms in total. The number of likely N-dealkylation sites (tertiary alicyclic amines) is 1. The summed E-state index contributed by atoms with van der Waals surface area (Å²) in [6.07, 6.45) is 2.40. The molecule has 0 aliphatic carbocycles. The molecule has 1 heterocycles. The SMILES string of the molecule is Cc1cccc(NC(=Nc2ccccc2C#Cc2ccccc2)N2CCCC2)c1. The molecule has 0 unspecified atom stereocenters. The zero-order chi connectivity index (χ0) is 19.9. The quantitative estimate of drug-likeness (QED) is 0.357. The maximum Gasteiger partial charge on any atom is 0.203 e. The van der Waals surface area contributed by atoms with Crippen molar-refractivity contribution < 1.29 is 0 Å². The molecule has 1 N–H and O–H groups in total. The molecule has 1 aliphatic rings. The first kappa shape index (κ1) is 18.8. The zero-order valence-corrected chi connectivity index (χ0v) is 16.7. The summed E-state index contributed by atoms with van der Waals surface area (Å²) in [6, 6.07) is 26.5. The molecule has 144 valence electrons. The van der Waals surface area contributed by atoms with Crippen LogP contribution in [0.4, 0.5) is 11.4 Å². The van der Waals surface area contributed by atoms with Crippen molar-refractivity contribution in [3.63, 3.8) is 0 Å². The third-order valence-electron chi connectivity index (χ3n) is 4.93. The lowest BCUT2D eigenvalue weighted by Gasteiger charge is -2.21. The van der Waals surface area contributed by atoms with Gasteiger partial charge in [-0.3, -0.25) is 0 Å². The van der Waals surface area contributed by atoms with Gasteiger partial charge in [0.2, 0.25) is 5.96 Å². The Labute approximate surface area is 173 Å². The van der Waals surface area contributed by atoms with Crippen LogP contribution in [0.2, 0.25) is 0 Å². The first-order valence-electron chi connectivity index (χ1n) is 10.1. The first-order valence-corrected chi connectivity index (χ1v) is 10.1. The number of hydrogen-bond donors (Lipinski definition) is 1. The summed E-state index contributed by atoms with van der Waals surface area (Å²) in [6.45, 7) is 4.15. The van der Waals surface area contributed by atoms with E-state index in [1.54, 1.807) is 0 Å². The van der Waals surface area contributed by atoms with Crippen molar-refractivity contribution in [3.05, 3.63) is 95.6 Å². The lowest BCUT2D eigenvalue weighted by Crippen LogP contribution is -2.33. The third kappa shape index (κ3) is 5.06. The van der Waals surface area contributed by atoms with Gasteiger partial charge in [0.1, 0.15) is 0 Å². The monoisotopic (exact) mass is 379 g/mol. The lowest BCUT2D eigenvalue weighted by atomic mass is 10.1.